The monoisotopic (exact) mass is 332 g/mol. The van der Waals surface area contributed by atoms with Gasteiger partial charge in [0, 0.05) is 37.4 Å². The van der Waals surface area contributed by atoms with Gasteiger partial charge in [0.1, 0.15) is 0 Å². The lowest BCUT2D eigenvalue weighted by Gasteiger charge is -2.20. The van der Waals surface area contributed by atoms with Crippen LogP contribution in [0.4, 0.5) is 5.69 Å². The third kappa shape index (κ3) is 5.58. The molecule has 5 heteroatoms. The smallest absolute Gasteiger partial charge is 0.238 e. The van der Waals surface area contributed by atoms with Gasteiger partial charge in [-0.15, -0.1) is 0 Å². The molecular weight excluding hydrogens is 300 g/mol. The zero-order valence-electron chi connectivity index (χ0n) is 15.7. The first-order valence-corrected chi connectivity index (χ1v) is 8.86. The number of carbonyl (C=O) groups excluding carboxylic acids is 1. The zero-order valence-corrected chi connectivity index (χ0v) is 15.7. The molecule has 0 bridgehead atoms. The van der Waals surface area contributed by atoms with Gasteiger partial charge in [0.2, 0.25) is 5.91 Å². The topological polar surface area (TPSA) is 47.6 Å². The van der Waals surface area contributed by atoms with Gasteiger partial charge in [0.05, 0.1) is 6.54 Å². The van der Waals surface area contributed by atoms with Crippen molar-refractivity contribution < 1.29 is 4.79 Å². The minimum Gasteiger partial charge on any atom is -0.325 e. The molecule has 5 nitrogen and oxygen atoms in total. The number of benzene rings is 1. The van der Waals surface area contributed by atoms with Crippen LogP contribution >= 0.6 is 0 Å². The molecule has 2 atom stereocenters. The van der Waals surface area contributed by atoms with Crippen molar-refractivity contribution in [3.63, 3.8) is 0 Å². The fraction of sp³-hybridized carbons (Fsp3) is 0.632. The van der Waals surface area contributed by atoms with Gasteiger partial charge in [-0.2, -0.15) is 0 Å². The molecule has 0 radical (unpaired) electrons. The van der Waals surface area contributed by atoms with Crippen LogP contribution in [0.1, 0.15) is 26.3 Å². The van der Waals surface area contributed by atoms with E-state index in [9.17, 15) is 4.79 Å². The highest BCUT2D eigenvalue weighted by molar-refractivity contribution is 5.92. The largest absolute Gasteiger partial charge is 0.325 e. The van der Waals surface area contributed by atoms with Gasteiger partial charge in [-0.1, -0.05) is 19.1 Å². The van der Waals surface area contributed by atoms with Gasteiger partial charge in [0.25, 0.3) is 0 Å². The molecule has 1 aliphatic rings. The quantitative estimate of drug-likeness (QED) is 0.802. The van der Waals surface area contributed by atoms with E-state index in [1.807, 2.05) is 31.1 Å². The Kier molecular flexibility index (Phi) is 6.78. The summed E-state index contributed by atoms with van der Waals surface area (Å²) in [6, 6.07) is 9.24. The van der Waals surface area contributed by atoms with Crippen LogP contribution < -0.4 is 10.6 Å². The van der Waals surface area contributed by atoms with E-state index < -0.39 is 0 Å². The van der Waals surface area contributed by atoms with Gasteiger partial charge in [-0.05, 0) is 51.6 Å². The summed E-state index contributed by atoms with van der Waals surface area (Å²) in [6.07, 6.45) is 0. The molecule has 2 rings (SSSR count). The number of nitrogens with one attached hydrogen (secondary N) is 2. The predicted octanol–water partition coefficient (Wildman–Crippen LogP) is 2.00. The molecule has 1 aromatic carbocycles. The summed E-state index contributed by atoms with van der Waals surface area (Å²) in [5, 5.41) is 6.64. The second-order valence-electron chi connectivity index (χ2n) is 7.50. The summed E-state index contributed by atoms with van der Waals surface area (Å²) in [4.78, 5) is 16.3. The first kappa shape index (κ1) is 18.9. The van der Waals surface area contributed by atoms with E-state index >= 15 is 0 Å². The van der Waals surface area contributed by atoms with E-state index in [1.54, 1.807) is 0 Å². The van der Waals surface area contributed by atoms with Crippen molar-refractivity contribution in [2.24, 2.45) is 5.92 Å². The molecule has 1 fully saturated rings. The van der Waals surface area contributed by atoms with Gasteiger partial charge in [0.15, 0.2) is 0 Å². The molecule has 24 heavy (non-hydrogen) atoms. The Balaban J connectivity index is 1.87. The summed E-state index contributed by atoms with van der Waals surface area (Å²) in [5.74, 6) is 0.678. The van der Waals surface area contributed by atoms with Crippen LogP contribution in [0.3, 0.4) is 0 Å². The maximum atomic E-state index is 11.9. The van der Waals surface area contributed by atoms with E-state index in [0.29, 0.717) is 24.5 Å². The van der Waals surface area contributed by atoms with Crippen molar-refractivity contribution in [1.29, 1.82) is 0 Å². The van der Waals surface area contributed by atoms with Crippen LogP contribution in [0.25, 0.3) is 0 Å². The highest BCUT2D eigenvalue weighted by atomic mass is 16.2. The maximum absolute atomic E-state index is 11.9. The summed E-state index contributed by atoms with van der Waals surface area (Å²) in [5.41, 5.74) is 2.07. The van der Waals surface area contributed by atoms with Crippen molar-refractivity contribution in [3.8, 4) is 0 Å². The number of amides is 1. The normalized spacial score (nSPS) is 21.6. The van der Waals surface area contributed by atoms with Crippen molar-refractivity contribution in [2.45, 2.75) is 39.4 Å². The van der Waals surface area contributed by atoms with E-state index in [4.69, 9.17) is 0 Å². The summed E-state index contributed by atoms with van der Waals surface area (Å²) < 4.78 is 0. The number of rotatable bonds is 7. The van der Waals surface area contributed by atoms with E-state index in [-0.39, 0.29) is 5.91 Å². The average molecular weight is 332 g/mol. The Morgan fingerprint density at radius 3 is 2.71 bits per heavy atom. The van der Waals surface area contributed by atoms with Crippen LogP contribution in [-0.2, 0) is 11.3 Å². The predicted molar refractivity (Wildman–Crippen MR) is 100 cm³/mol. The van der Waals surface area contributed by atoms with Gasteiger partial charge >= 0.3 is 0 Å². The third-order valence-corrected chi connectivity index (χ3v) is 4.61. The first-order chi connectivity index (χ1) is 11.3. The zero-order chi connectivity index (χ0) is 17.7. The second kappa shape index (κ2) is 8.60. The number of anilines is 1. The standard InChI is InChI=1S/C19H32N4O/c1-14(2)23-11-15(3)18(12-23)20-10-16-7-6-8-17(9-16)21-19(24)13-22(4)5/h6-9,14-15,18,20H,10-13H2,1-5H3,(H,21,24)/t15-,18-/m1/s1. The Morgan fingerprint density at radius 1 is 1.33 bits per heavy atom. The average Bonchev–Trinajstić information content (AvgIpc) is 2.86. The Hall–Kier alpha value is -1.43. The Bertz CT molecular complexity index is 544. The van der Waals surface area contributed by atoms with Crippen molar-refractivity contribution >= 4 is 11.6 Å². The molecular formula is C19H32N4O. The van der Waals surface area contributed by atoms with Gasteiger partial charge < -0.3 is 15.5 Å². The number of nitrogens with zero attached hydrogens (tertiary/aromatic N) is 2. The van der Waals surface area contributed by atoms with E-state index in [1.165, 1.54) is 5.56 Å². The lowest BCUT2D eigenvalue weighted by Crippen LogP contribution is -2.36. The minimum absolute atomic E-state index is 0.0158. The molecule has 0 unspecified atom stereocenters. The molecule has 1 aliphatic heterocycles. The van der Waals surface area contributed by atoms with Crippen molar-refractivity contribution in [2.75, 3.05) is 39.0 Å². The second-order valence-corrected chi connectivity index (χ2v) is 7.50. The van der Waals surface area contributed by atoms with E-state index in [0.717, 1.165) is 25.3 Å². The fourth-order valence-corrected chi connectivity index (χ4v) is 3.19. The molecule has 1 heterocycles. The molecule has 2 N–H and O–H groups in total. The number of likely N-dealkylation sites (tertiary alicyclic amines) is 1. The number of hydrogen-bond donors (Lipinski definition) is 2. The van der Waals surface area contributed by atoms with Crippen LogP contribution in [0.5, 0.6) is 0 Å². The molecule has 1 aromatic rings. The number of hydrogen-bond acceptors (Lipinski definition) is 4. The summed E-state index contributed by atoms with van der Waals surface area (Å²) >= 11 is 0. The number of carbonyl (C=O) groups is 1. The maximum Gasteiger partial charge on any atom is 0.238 e. The Labute approximate surface area is 146 Å². The summed E-state index contributed by atoms with van der Waals surface area (Å²) in [7, 11) is 3.78. The number of likely N-dealkylation sites (N-methyl/N-ethyl adjacent to an activating group) is 1. The van der Waals surface area contributed by atoms with Crippen LogP contribution in [0.15, 0.2) is 24.3 Å². The lowest BCUT2D eigenvalue weighted by atomic mass is 10.1. The van der Waals surface area contributed by atoms with Crippen molar-refractivity contribution in [3.05, 3.63) is 29.8 Å². The Morgan fingerprint density at radius 2 is 2.08 bits per heavy atom. The first-order valence-electron chi connectivity index (χ1n) is 8.86. The molecule has 134 valence electrons. The summed E-state index contributed by atoms with van der Waals surface area (Å²) in [6.45, 7) is 10.3. The molecule has 0 aliphatic carbocycles. The molecule has 1 saturated heterocycles. The highest BCUT2D eigenvalue weighted by Gasteiger charge is 2.30. The van der Waals surface area contributed by atoms with E-state index in [2.05, 4.69) is 48.4 Å². The molecule has 1 amide bonds. The molecule has 0 saturated carbocycles. The fourth-order valence-electron chi connectivity index (χ4n) is 3.19. The SMILES string of the molecule is CC(C)N1C[C@@H](C)[C@H](NCc2cccc(NC(=O)CN(C)C)c2)C1. The van der Waals surface area contributed by atoms with Crippen molar-refractivity contribution in [1.82, 2.24) is 15.1 Å². The molecule has 0 aromatic heterocycles. The van der Waals surface area contributed by atoms with Gasteiger partial charge in [-0.25, -0.2) is 0 Å². The minimum atomic E-state index is 0.0158. The molecule has 0 spiro atoms. The van der Waals surface area contributed by atoms with Crippen LogP contribution in [0.2, 0.25) is 0 Å². The lowest BCUT2D eigenvalue weighted by molar-refractivity contribution is -0.116. The van der Waals surface area contributed by atoms with Crippen LogP contribution in [0, 0.1) is 5.92 Å². The van der Waals surface area contributed by atoms with Gasteiger partial charge in [-0.3, -0.25) is 9.69 Å². The third-order valence-electron chi connectivity index (χ3n) is 4.61. The highest BCUT2D eigenvalue weighted by Crippen LogP contribution is 2.19. The van der Waals surface area contributed by atoms with Crippen LogP contribution in [-0.4, -0.2) is 61.5 Å².